The minimum absolute atomic E-state index is 0.238. The molecule has 0 fully saturated rings. The number of anilines is 1. The average molecular weight is 271 g/mol. The fourth-order valence-corrected chi connectivity index (χ4v) is 1.67. The van der Waals surface area contributed by atoms with Crippen molar-refractivity contribution in [3.05, 3.63) is 53.9 Å². The molecular weight excluding hydrogens is 254 g/mol. The fourth-order valence-electron chi connectivity index (χ4n) is 1.67. The molecule has 0 radical (unpaired) electrons. The number of rotatable bonds is 5. The Balaban J connectivity index is 1.76. The van der Waals surface area contributed by atoms with Gasteiger partial charge in [0, 0.05) is 0 Å². The van der Waals surface area contributed by atoms with E-state index in [1.54, 1.807) is 12.1 Å². The zero-order valence-corrected chi connectivity index (χ0v) is 11.3. The maximum Gasteiger partial charge on any atom is 0.269 e. The molecule has 5 heteroatoms. The Bertz CT molecular complexity index is 582. The minimum atomic E-state index is -0.238. The zero-order valence-electron chi connectivity index (χ0n) is 11.3. The van der Waals surface area contributed by atoms with E-state index in [4.69, 9.17) is 10.5 Å². The highest BCUT2D eigenvalue weighted by Crippen LogP contribution is 2.11. The predicted molar refractivity (Wildman–Crippen MR) is 77.7 cm³/mol. The van der Waals surface area contributed by atoms with Crippen molar-refractivity contribution in [3.63, 3.8) is 0 Å². The van der Waals surface area contributed by atoms with E-state index in [0.717, 1.165) is 11.3 Å². The zero-order chi connectivity index (χ0) is 14.4. The van der Waals surface area contributed by atoms with Gasteiger partial charge in [-0.15, -0.1) is 0 Å². The molecular formula is C15H17N3O2. The van der Waals surface area contributed by atoms with Crippen LogP contribution in [0.25, 0.3) is 0 Å². The van der Waals surface area contributed by atoms with E-state index in [1.807, 2.05) is 31.2 Å². The second-order valence-corrected chi connectivity index (χ2v) is 4.40. The molecule has 20 heavy (non-hydrogen) atoms. The number of hydrogen-bond acceptors (Lipinski definition) is 4. The van der Waals surface area contributed by atoms with Crippen LogP contribution in [0, 0.1) is 6.92 Å². The number of benzene rings is 1. The molecule has 0 aliphatic carbocycles. The van der Waals surface area contributed by atoms with E-state index in [0.29, 0.717) is 24.5 Å². The summed E-state index contributed by atoms with van der Waals surface area (Å²) in [7, 11) is 0. The molecule has 104 valence electrons. The summed E-state index contributed by atoms with van der Waals surface area (Å²) in [5.74, 6) is 0.558. The van der Waals surface area contributed by atoms with E-state index in [-0.39, 0.29) is 5.91 Å². The molecule has 5 nitrogen and oxygen atoms in total. The summed E-state index contributed by atoms with van der Waals surface area (Å²) in [6.45, 7) is 2.82. The van der Waals surface area contributed by atoms with Crippen molar-refractivity contribution < 1.29 is 9.53 Å². The number of carbonyl (C=O) groups excluding carboxylic acids is 1. The van der Waals surface area contributed by atoms with Crippen molar-refractivity contribution in [3.8, 4) is 5.75 Å². The standard InChI is InChI=1S/C15H17N3O2/c1-11-3-2-4-13(9-11)20-8-7-17-15(19)14-6-5-12(16)10-18-14/h2-6,9-10H,7-8,16H2,1H3,(H,17,19). The first-order chi connectivity index (χ1) is 9.65. The van der Waals surface area contributed by atoms with Crippen LogP contribution in [0.3, 0.4) is 0 Å². The van der Waals surface area contributed by atoms with E-state index in [1.165, 1.54) is 6.20 Å². The van der Waals surface area contributed by atoms with Crippen LogP contribution in [0.1, 0.15) is 16.1 Å². The highest BCUT2D eigenvalue weighted by molar-refractivity contribution is 5.92. The molecule has 3 N–H and O–H groups in total. The number of ether oxygens (including phenoxy) is 1. The van der Waals surface area contributed by atoms with Crippen molar-refractivity contribution in [1.29, 1.82) is 0 Å². The Morgan fingerprint density at radius 3 is 2.90 bits per heavy atom. The molecule has 0 saturated carbocycles. The van der Waals surface area contributed by atoms with Gasteiger partial charge in [-0.2, -0.15) is 0 Å². The maximum atomic E-state index is 11.8. The predicted octanol–water partition coefficient (Wildman–Crippen LogP) is 1.78. The number of nitrogen functional groups attached to an aromatic ring is 1. The number of aromatic nitrogens is 1. The minimum Gasteiger partial charge on any atom is -0.492 e. The van der Waals surface area contributed by atoms with Gasteiger partial charge in [-0.25, -0.2) is 4.98 Å². The molecule has 0 atom stereocenters. The summed E-state index contributed by atoms with van der Waals surface area (Å²) in [6, 6.07) is 11.0. The molecule has 1 aromatic carbocycles. The van der Waals surface area contributed by atoms with Gasteiger partial charge in [-0.1, -0.05) is 12.1 Å². The third-order valence-electron chi connectivity index (χ3n) is 2.66. The van der Waals surface area contributed by atoms with Crippen LogP contribution in [0.15, 0.2) is 42.6 Å². The van der Waals surface area contributed by atoms with Crippen molar-refractivity contribution in [2.75, 3.05) is 18.9 Å². The van der Waals surface area contributed by atoms with Crippen molar-refractivity contribution in [2.45, 2.75) is 6.92 Å². The normalized spacial score (nSPS) is 10.1. The molecule has 0 unspecified atom stereocenters. The molecule has 0 spiro atoms. The topological polar surface area (TPSA) is 77.2 Å². The number of nitrogens with two attached hydrogens (primary N) is 1. The van der Waals surface area contributed by atoms with Gasteiger partial charge < -0.3 is 15.8 Å². The molecule has 1 heterocycles. The van der Waals surface area contributed by atoms with E-state index < -0.39 is 0 Å². The maximum absolute atomic E-state index is 11.8. The molecule has 2 aromatic rings. The highest BCUT2D eigenvalue weighted by atomic mass is 16.5. The summed E-state index contributed by atoms with van der Waals surface area (Å²) in [5, 5.41) is 2.74. The lowest BCUT2D eigenvalue weighted by atomic mass is 10.2. The van der Waals surface area contributed by atoms with Crippen molar-refractivity contribution in [2.24, 2.45) is 0 Å². The van der Waals surface area contributed by atoms with Crippen LogP contribution >= 0.6 is 0 Å². The third kappa shape index (κ3) is 3.98. The fraction of sp³-hybridized carbons (Fsp3) is 0.200. The van der Waals surface area contributed by atoms with Crippen molar-refractivity contribution >= 4 is 11.6 Å². The lowest BCUT2D eigenvalue weighted by molar-refractivity contribution is 0.0942. The van der Waals surface area contributed by atoms with Gasteiger partial charge >= 0.3 is 0 Å². The van der Waals surface area contributed by atoms with Gasteiger partial charge in [-0.05, 0) is 36.8 Å². The number of amides is 1. The molecule has 0 saturated heterocycles. The van der Waals surface area contributed by atoms with Gasteiger partial charge in [0.05, 0.1) is 18.4 Å². The van der Waals surface area contributed by atoms with Crippen LogP contribution in [0.2, 0.25) is 0 Å². The summed E-state index contributed by atoms with van der Waals surface area (Å²) >= 11 is 0. The van der Waals surface area contributed by atoms with Gasteiger partial charge in [-0.3, -0.25) is 4.79 Å². The summed E-state index contributed by atoms with van der Waals surface area (Å²) in [4.78, 5) is 15.7. The summed E-state index contributed by atoms with van der Waals surface area (Å²) < 4.78 is 5.54. The Morgan fingerprint density at radius 1 is 1.35 bits per heavy atom. The summed E-state index contributed by atoms with van der Waals surface area (Å²) in [6.07, 6.45) is 1.46. The molecule has 1 amide bonds. The largest absolute Gasteiger partial charge is 0.492 e. The smallest absolute Gasteiger partial charge is 0.269 e. The SMILES string of the molecule is Cc1cccc(OCCNC(=O)c2ccc(N)cn2)c1. The highest BCUT2D eigenvalue weighted by Gasteiger charge is 2.05. The Labute approximate surface area is 117 Å². The second kappa shape index (κ2) is 6.56. The van der Waals surface area contributed by atoms with Gasteiger partial charge in [0.25, 0.3) is 5.91 Å². The van der Waals surface area contributed by atoms with E-state index >= 15 is 0 Å². The number of pyridine rings is 1. The number of nitrogens with one attached hydrogen (secondary N) is 1. The second-order valence-electron chi connectivity index (χ2n) is 4.40. The number of aryl methyl sites for hydroxylation is 1. The number of hydrogen-bond donors (Lipinski definition) is 2. The lowest BCUT2D eigenvalue weighted by Gasteiger charge is -2.08. The number of carbonyl (C=O) groups is 1. The van der Waals surface area contributed by atoms with Crippen LogP contribution < -0.4 is 15.8 Å². The van der Waals surface area contributed by atoms with Gasteiger partial charge in [0.2, 0.25) is 0 Å². The van der Waals surface area contributed by atoms with Crippen LogP contribution in [0.5, 0.6) is 5.75 Å². The quantitative estimate of drug-likeness (QED) is 0.813. The summed E-state index contributed by atoms with van der Waals surface area (Å²) in [5.41, 5.74) is 7.52. The Kier molecular flexibility index (Phi) is 4.55. The monoisotopic (exact) mass is 271 g/mol. The third-order valence-corrected chi connectivity index (χ3v) is 2.66. The molecule has 0 aliphatic rings. The molecule has 1 aromatic heterocycles. The van der Waals surface area contributed by atoms with Crippen LogP contribution in [0.4, 0.5) is 5.69 Å². The average Bonchev–Trinajstić information content (AvgIpc) is 2.44. The Morgan fingerprint density at radius 2 is 2.20 bits per heavy atom. The van der Waals surface area contributed by atoms with E-state index in [2.05, 4.69) is 10.3 Å². The lowest BCUT2D eigenvalue weighted by Crippen LogP contribution is -2.28. The first kappa shape index (κ1) is 13.9. The number of nitrogens with zero attached hydrogens (tertiary/aromatic N) is 1. The molecule has 0 aliphatic heterocycles. The van der Waals surface area contributed by atoms with Crippen LogP contribution in [-0.2, 0) is 0 Å². The molecule has 2 rings (SSSR count). The first-order valence-corrected chi connectivity index (χ1v) is 6.34. The van der Waals surface area contributed by atoms with Gasteiger partial charge in [0.15, 0.2) is 0 Å². The van der Waals surface area contributed by atoms with Gasteiger partial charge in [0.1, 0.15) is 18.1 Å². The molecule has 0 bridgehead atoms. The first-order valence-electron chi connectivity index (χ1n) is 6.34. The van der Waals surface area contributed by atoms with Crippen LogP contribution in [-0.4, -0.2) is 24.0 Å². The van der Waals surface area contributed by atoms with E-state index in [9.17, 15) is 4.79 Å². The Hall–Kier alpha value is -2.56. The van der Waals surface area contributed by atoms with Crippen molar-refractivity contribution in [1.82, 2.24) is 10.3 Å².